The topological polar surface area (TPSA) is 73.8 Å². The minimum Gasteiger partial charge on any atom is -0.352 e. The van der Waals surface area contributed by atoms with E-state index in [9.17, 15) is 17.2 Å². The number of nitrogens with zero attached hydrogens (tertiary/aromatic N) is 2. The molecular weight excluding hydrogens is 410 g/mol. The highest BCUT2D eigenvalue weighted by molar-refractivity contribution is 7.89. The van der Waals surface area contributed by atoms with Crippen LogP contribution in [0, 0.1) is 11.6 Å². The van der Waals surface area contributed by atoms with Crippen LogP contribution in [-0.2, 0) is 23.1 Å². The highest BCUT2D eigenvalue weighted by atomic mass is 32.2. The molecule has 0 atom stereocenters. The molecule has 0 aliphatic carbocycles. The van der Waals surface area contributed by atoms with E-state index in [0.29, 0.717) is 25.6 Å². The van der Waals surface area contributed by atoms with Crippen LogP contribution in [0.4, 0.5) is 8.78 Å². The number of sulfonamides is 1. The summed E-state index contributed by atoms with van der Waals surface area (Å²) in [4.78, 5) is 4.35. The van der Waals surface area contributed by atoms with Crippen LogP contribution in [0.3, 0.4) is 0 Å². The molecule has 162 valence electrons. The lowest BCUT2D eigenvalue weighted by Crippen LogP contribution is -2.36. The molecule has 1 heterocycles. The van der Waals surface area contributed by atoms with Crippen molar-refractivity contribution in [3.8, 4) is 0 Å². The Morgan fingerprint density at radius 3 is 2.33 bits per heavy atom. The van der Waals surface area contributed by atoms with Crippen LogP contribution in [0.1, 0.15) is 30.4 Å². The molecule has 0 unspecified atom stereocenters. The number of piperidine rings is 1. The molecule has 0 amide bonds. The third kappa shape index (κ3) is 5.54. The molecule has 6 nitrogen and oxygen atoms in total. The van der Waals surface area contributed by atoms with Crippen LogP contribution in [0.15, 0.2) is 52.4 Å². The molecule has 0 aromatic heterocycles. The van der Waals surface area contributed by atoms with Gasteiger partial charge in [0.25, 0.3) is 0 Å². The first kappa shape index (κ1) is 22.2. The van der Waals surface area contributed by atoms with Gasteiger partial charge in [-0.05, 0) is 48.7 Å². The van der Waals surface area contributed by atoms with Crippen LogP contribution in [0.2, 0.25) is 0 Å². The monoisotopic (exact) mass is 436 g/mol. The largest absolute Gasteiger partial charge is 0.352 e. The minimum absolute atomic E-state index is 0.0796. The Morgan fingerprint density at radius 1 is 1.00 bits per heavy atom. The van der Waals surface area contributed by atoms with Crippen molar-refractivity contribution in [3.63, 3.8) is 0 Å². The van der Waals surface area contributed by atoms with Gasteiger partial charge in [0.05, 0.1) is 4.90 Å². The summed E-state index contributed by atoms with van der Waals surface area (Å²) in [5, 5.41) is 6.01. The molecule has 0 saturated carbocycles. The maximum Gasteiger partial charge on any atom is 0.243 e. The third-order valence-corrected chi connectivity index (χ3v) is 6.93. The Morgan fingerprint density at radius 2 is 1.67 bits per heavy atom. The first-order valence-corrected chi connectivity index (χ1v) is 11.3. The summed E-state index contributed by atoms with van der Waals surface area (Å²) in [5.74, 6) is -0.579. The second kappa shape index (κ2) is 9.99. The smallest absolute Gasteiger partial charge is 0.243 e. The molecular formula is C21H26F2N4O2S. The third-order valence-electron chi connectivity index (χ3n) is 5.01. The maximum atomic E-state index is 13.7. The van der Waals surface area contributed by atoms with E-state index in [1.807, 2.05) is 0 Å². The number of rotatable bonds is 6. The Balaban J connectivity index is 1.56. The molecule has 1 saturated heterocycles. The van der Waals surface area contributed by atoms with E-state index in [1.54, 1.807) is 35.6 Å². The van der Waals surface area contributed by atoms with Gasteiger partial charge in [-0.25, -0.2) is 17.2 Å². The SMILES string of the molecule is CN=C(NCc1ccc(S(=O)(=O)N2CCCCC2)cc1)NCc1cc(F)ccc1F. The zero-order valence-electron chi connectivity index (χ0n) is 16.9. The van der Waals surface area contributed by atoms with E-state index >= 15 is 0 Å². The van der Waals surface area contributed by atoms with Crippen LogP contribution >= 0.6 is 0 Å². The van der Waals surface area contributed by atoms with Crippen LogP contribution in [0.5, 0.6) is 0 Å². The van der Waals surface area contributed by atoms with Gasteiger partial charge >= 0.3 is 0 Å². The zero-order valence-corrected chi connectivity index (χ0v) is 17.7. The van der Waals surface area contributed by atoms with Crippen molar-refractivity contribution >= 4 is 16.0 Å². The molecule has 0 radical (unpaired) electrons. The van der Waals surface area contributed by atoms with Gasteiger partial charge in [-0.1, -0.05) is 18.6 Å². The number of guanidine groups is 1. The normalized spacial score (nSPS) is 15.8. The molecule has 3 rings (SSSR count). The van der Waals surface area contributed by atoms with Gasteiger partial charge in [0.2, 0.25) is 10.0 Å². The van der Waals surface area contributed by atoms with E-state index in [-0.39, 0.29) is 17.0 Å². The average Bonchev–Trinajstić information content (AvgIpc) is 2.77. The number of nitrogens with one attached hydrogen (secondary N) is 2. The number of halogens is 2. The van der Waals surface area contributed by atoms with Gasteiger partial charge in [0.15, 0.2) is 5.96 Å². The van der Waals surface area contributed by atoms with E-state index in [1.165, 1.54) is 0 Å². The van der Waals surface area contributed by atoms with Crippen LogP contribution in [-0.4, -0.2) is 38.8 Å². The van der Waals surface area contributed by atoms with Gasteiger partial charge in [0.1, 0.15) is 11.6 Å². The van der Waals surface area contributed by atoms with Crippen molar-refractivity contribution in [2.24, 2.45) is 4.99 Å². The lowest BCUT2D eigenvalue weighted by Gasteiger charge is -2.25. The van der Waals surface area contributed by atoms with E-state index < -0.39 is 21.7 Å². The Labute approximate surface area is 176 Å². The molecule has 2 aromatic carbocycles. The number of hydrogen-bond donors (Lipinski definition) is 2. The van der Waals surface area contributed by atoms with Gasteiger partial charge < -0.3 is 10.6 Å². The maximum absolute atomic E-state index is 13.7. The predicted molar refractivity (Wildman–Crippen MR) is 112 cm³/mol. The first-order chi connectivity index (χ1) is 14.4. The summed E-state index contributed by atoms with van der Waals surface area (Å²) in [6, 6.07) is 10.0. The van der Waals surface area contributed by atoms with Crippen LogP contribution < -0.4 is 10.6 Å². The molecule has 0 bridgehead atoms. The zero-order chi connectivity index (χ0) is 21.6. The highest BCUT2D eigenvalue weighted by Crippen LogP contribution is 2.20. The Bertz CT molecular complexity index is 989. The van der Waals surface area contributed by atoms with E-state index in [2.05, 4.69) is 15.6 Å². The summed E-state index contributed by atoms with van der Waals surface area (Å²) < 4.78 is 54.0. The molecule has 0 spiro atoms. The summed E-state index contributed by atoms with van der Waals surface area (Å²) in [5.41, 5.74) is 1.07. The van der Waals surface area contributed by atoms with Crippen molar-refractivity contribution in [2.75, 3.05) is 20.1 Å². The molecule has 1 fully saturated rings. The highest BCUT2D eigenvalue weighted by Gasteiger charge is 2.25. The molecule has 1 aliphatic rings. The predicted octanol–water partition coefficient (Wildman–Crippen LogP) is 3.00. The Kier molecular flexibility index (Phi) is 7.38. The summed E-state index contributed by atoms with van der Waals surface area (Å²) in [6.45, 7) is 1.62. The van der Waals surface area contributed by atoms with Crippen molar-refractivity contribution in [2.45, 2.75) is 37.2 Å². The number of benzene rings is 2. The standard InChI is InChI=1S/C21H26F2N4O2S/c1-24-21(26-15-17-13-18(22)7-10-20(17)23)25-14-16-5-8-19(9-6-16)30(28,29)27-11-3-2-4-12-27/h5-10,13H,2-4,11-12,14-15H2,1H3,(H2,24,25,26). The fraction of sp³-hybridized carbons (Fsp3) is 0.381. The van der Waals surface area contributed by atoms with Crippen LogP contribution in [0.25, 0.3) is 0 Å². The summed E-state index contributed by atoms with van der Waals surface area (Å²) in [6.07, 6.45) is 2.86. The van der Waals surface area contributed by atoms with Crippen molar-refractivity contribution in [1.29, 1.82) is 0 Å². The molecule has 1 aliphatic heterocycles. The molecule has 2 aromatic rings. The van der Waals surface area contributed by atoms with E-state index in [4.69, 9.17) is 0 Å². The van der Waals surface area contributed by atoms with Crippen molar-refractivity contribution in [1.82, 2.24) is 14.9 Å². The molecule has 2 N–H and O–H groups in total. The molecule has 30 heavy (non-hydrogen) atoms. The Hall–Kier alpha value is -2.52. The second-order valence-electron chi connectivity index (χ2n) is 7.12. The number of aliphatic imine (C=N–C) groups is 1. The number of hydrogen-bond acceptors (Lipinski definition) is 3. The summed E-state index contributed by atoms with van der Waals surface area (Å²) in [7, 11) is -1.88. The van der Waals surface area contributed by atoms with E-state index in [0.717, 1.165) is 43.0 Å². The lowest BCUT2D eigenvalue weighted by atomic mass is 10.2. The first-order valence-electron chi connectivity index (χ1n) is 9.87. The van der Waals surface area contributed by atoms with Crippen molar-refractivity contribution in [3.05, 3.63) is 65.2 Å². The van der Waals surface area contributed by atoms with Gasteiger partial charge in [0, 0.05) is 38.8 Å². The average molecular weight is 437 g/mol. The molecule has 9 heteroatoms. The summed E-state index contributed by atoms with van der Waals surface area (Å²) >= 11 is 0. The fourth-order valence-corrected chi connectivity index (χ4v) is 4.81. The van der Waals surface area contributed by atoms with Gasteiger partial charge in [-0.2, -0.15) is 4.31 Å². The van der Waals surface area contributed by atoms with Gasteiger partial charge in [-0.15, -0.1) is 0 Å². The lowest BCUT2D eigenvalue weighted by molar-refractivity contribution is 0.346. The van der Waals surface area contributed by atoms with Gasteiger partial charge in [-0.3, -0.25) is 4.99 Å². The quantitative estimate of drug-likeness (QED) is 0.539. The van der Waals surface area contributed by atoms with Crippen molar-refractivity contribution < 1.29 is 17.2 Å². The fourth-order valence-electron chi connectivity index (χ4n) is 3.30. The minimum atomic E-state index is -3.45. The second-order valence-corrected chi connectivity index (χ2v) is 9.06.